The molecule has 0 saturated carbocycles. The minimum atomic E-state index is -0.598. The third kappa shape index (κ3) is 4.38. The number of nitrogen functional groups attached to an aromatic ring is 1. The molecule has 1 fully saturated rings. The summed E-state index contributed by atoms with van der Waals surface area (Å²) in [5.41, 5.74) is 6.43. The lowest BCUT2D eigenvalue weighted by Crippen LogP contribution is -2.47. The average molecular weight is 395 g/mol. The van der Waals surface area contributed by atoms with Crippen LogP contribution in [0.15, 0.2) is 6.07 Å². The molecule has 0 bridgehead atoms. The maximum absolute atomic E-state index is 12.7. The van der Waals surface area contributed by atoms with Crippen LogP contribution in [0.5, 0.6) is 11.5 Å². The first-order chi connectivity index (χ1) is 13.0. The zero-order valence-corrected chi connectivity index (χ0v) is 15.7. The van der Waals surface area contributed by atoms with Crippen molar-refractivity contribution in [3.8, 4) is 17.6 Å². The van der Waals surface area contributed by atoms with Crippen LogP contribution < -0.4 is 20.5 Å². The number of halogens is 1. The number of nitrogens with zero attached hydrogens (tertiary/aromatic N) is 2. The number of amides is 1. The van der Waals surface area contributed by atoms with Crippen LogP contribution >= 0.6 is 11.6 Å². The SMILES string of the molecule is N#CCN1CC[C@@H](CNC(=O)c2cc(N)c(Cl)c3c2OCCCO3)[C@H](O)C1. The molecule has 1 aromatic rings. The predicted molar refractivity (Wildman–Crippen MR) is 100.0 cm³/mol. The number of likely N-dealkylation sites (tertiary alicyclic amines) is 1. The number of benzene rings is 1. The summed E-state index contributed by atoms with van der Waals surface area (Å²) in [7, 11) is 0. The number of carbonyl (C=O) groups is 1. The molecule has 2 heterocycles. The number of hydrogen-bond acceptors (Lipinski definition) is 7. The van der Waals surface area contributed by atoms with Crippen LogP contribution in [0.2, 0.25) is 5.02 Å². The molecule has 9 heteroatoms. The first-order valence-corrected chi connectivity index (χ1v) is 9.32. The second-order valence-electron chi connectivity index (χ2n) is 6.76. The molecule has 2 aliphatic rings. The number of aliphatic hydroxyl groups excluding tert-OH is 1. The molecule has 2 aliphatic heterocycles. The average Bonchev–Trinajstić information content (AvgIpc) is 2.90. The lowest BCUT2D eigenvalue weighted by atomic mass is 9.93. The number of carbonyl (C=O) groups excluding carboxylic acids is 1. The Bertz CT molecular complexity index is 752. The molecule has 1 amide bonds. The topological polar surface area (TPSA) is 121 Å². The number of nitrogens with two attached hydrogens (primary N) is 1. The fraction of sp³-hybridized carbons (Fsp3) is 0.556. The van der Waals surface area contributed by atoms with E-state index in [0.29, 0.717) is 63.7 Å². The van der Waals surface area contributed by atoms with Crippen LogP contribution in [-0.4, -0.2) is 61.4 Å². The van der Waals surface area contributed by atoms with Crippen LogP contribution in [0.1, 0.15) is 23.2 Å². The fourth-order valence-corrected chi connectivity index (χ4v) is 3.53. The number of nitriles is 1. The normalized spacial score (nSPS) is 22.6. The maximum Gasteiger partial charge on any atom is 0.255 e. The molecule has 27 heavy (non-hydrogen) atoms. The molecular weight excluding hydrogens is 372 g/mol. The maximum atomic E-state index is 12.7. The highest BCUT2D eigenvalue weighted by atomic mass is 35.5. The van der Waals surface area contributed by atoms with E-state index in [-0.39, 0.29) is 28.1 Å². The van der Waals surface area contributed by atoms with Crippen molar-refractivity contribution in [3.63, 3.8) is 0 Å². The summed E-state index contributed by atoms with van der Waals surface area (Å²) in [5, 5.41) is 22.1. The van der Waals surface area contributed by atoms with Gasteiger partial charge in [0.15, 0.2) is 11.5 Å². The summed E-state index contributed by atoms with van der Waals surface area (Å²) in [6.45, 7) is 2.61. The van der Waals surface area contributed by atoms with Gasteiger partial charge in [0.05, 0.1) is 43.2 Å². The van der Waals surface area contributed by atoms with E-state index >= 15 is 0 Å². The van der Waals surface area contributed by atoms with Gasteiger partial charge in [0, 0.05) is 25.4 Å². The van der Waals surface area contributed by atoms with Gasteiger partial charge in [0.1, 0.15) is 5.02 Å². The molecule has 3 rings (SSSR count). The minimum absolute atomic E-state index is 0.0793. The fourth-order valence-electron chi connectivity index (χ4n) is 3.33. The van der Waals surface area contributed by atoms with Crippen molar-refractivity contribution < 1.29 is 19.4 Å². The number of piperidine rings is 1. The standard InChI is InChI=1S/C18H23ClN4O4/c19-15-13(21)8-12(16-17(15)27-7-1-6-26-16)18(25)22-9-11-2-4-23(5-3-20)10-14(11)24/h8,11,14,24H,1-2,4-7,9-10,21H2,(H,22,25)/t11-,14+/m0/s1. The molecule has 0 spiro atoms. The van der Waals surface area contributed by atoms with Crippen LogP contribution in [0, 0.1) is 17.2 Å². The first-order valence-electron chi connectivity index (χ1n) is 8.94. The van der Waals surface area contributed by atoms with Gasteiger partial charge in [-0.3, -0.25) is 9.69 Å². The quantitative estimate of drug-likeness (QED) is 0.515. The molecule has 8 nitrogen and oxygen atoms in total. The Morgan fingerprint density at radius 3 is 2.89 bits per heavy atom. The molecular formula is C18H23ClN4O4. The Hall–Kier alpha value is -2.21. The second kappa shape index (κ2) is 8.65. The number of rotatable bonds is 4. The van der Waals surface area contributed by atoms with Crippen molar-refractivity contribution in [2.75, 3.05) is 45.1 Å². The van der Waals surface area contributed by atoms with E-state index in [1.54, 1.807) is 0 Å². The highest BCUT2D eigenvalue weighted by Gasteiger charge is 2.29. The summed E-state index contributed by atoms with van der Waals surface area (Å²) in [4.78, 5) is 14.6. The monoisotopic (exact) mass is 394 g/mol. The third-order valence-corrected chi connectivity index (χ3v) is 5.24. The number of β-amino-alcohol motifs (C(OH)–C–C–N with tert-alkyl or cyclic N) is 1. The predicted octanol–water partition coefficient (Wildman–Crippen LogP) is 1.02. The van der Waals surface area contributed by atoms with Crippen LogP contribution in [0.4, 0.5) is 5.69 Å². The minimum Gasteiger partial charge on any atom is -0.489 e. The van der Waals surface area contributed by atoms with Gasteiger partial charge in [0.2, 0.25) is 0 Å². The molecule has 1 aromatic carbocycles. The lowest BCUT2D eigenvalue weighted by Gasteiger charge is -2.34. The van der Waals surface area contributed by atoms with Gasteiger partial charge in [0.25, 0.3) is 5.91 Å². The molecule has 0 aromatic heterocycles. The Balaban J connectivity index is 1.68. The highest BCUT2D eigenvalue weighted by Crippen LogP contribution is 2.43. The van der Waals surface area contributed by atoms with Crippen molar-refractivity contribution in [1.29, 1.82) is 5.26 Å². The van der Waals surface area contributed by atoms with Crippen molar-refractivity contribution in [3.05, 3.63) is 16.7 Å². The van der Waals surface area contributed by atoms with Gasteiger partial charge in [-0.25, -0.2) is 0 Å². The van der Waals surface area contributed by atoms with Crippen LogP contribution in [0.3, 0.4) is 0 Å². The van der Waals surface area contributed by atoms with E-state index in [2.05, 4.69) is 11.4 Å². The number of hydrogen-bond donors (Lipinski definition) is 3. The van der Waals surface area contributed by atoms with E-state index in [9.17, 15) is 9.90 Å². The number of anilines is 1. The number of ether oxygens (including phenoxy) is 2. The van der Waals surface area contributed by atoms with Gasteiger partial charge < -0.3 is 25.6 Å². The largest absolute Gasteiger partial charge is 0.489 e. The molecule has 0 unspecified atom stereocenters. The van der Waals surface area contributed by atoms with E-state index in [1.807, 2.05) is 4.90 Å². The molecule has 2 atom stereocenters. The van der Waals surface area contributed by atoms with Crippen molar-refractivity contribution >= 4 is 23.2 Å². The summed E-state index contributed by atoms with van der Waals surface area (Å²) in [6, 6.07) is 3.57. The Labute approximate surface area is 162 Å². The van der Waals surface area contributed by atoms with Gasteiger partial charge in [-0.1, -0.05) is 11.6 Å². The molecule has 4 N–H and O–H groups in total. The zero-order chi connectivity index (χ0) is 19.4. The zero-order valence-electron chi connectivity index (χ0n) is 14.9. The van der Waals surface area contributed by atoms with E-state index in [4.69, 9.17) is 32.1 Å². The van der Waals surface area contributed by atoms with Gasteiger partial charge >= 0.3 is 0 Å². The van der Waals surface area contributed by atoms with Gasteiger partial charge in [-0.05, 0) is 19.0 Å². The molecule has 1 saturated heterocycles. The summed E-state index contributed by atoms with van der Waals surface area (Å²) < 4.78 is 11.3. The summed E-state index contributed by atoms with van der Waals surface area (Å²) in [6.07, 6.45) is 0.780. The first kappa shape index (κ1) is 19.5. The van der Waals surface area contributed by atoms with Crippen LogP contribution in [-0.2, 0) is 0 Å². The van der Waals surface area contributed by atoms with E-state index in [1.165, 1.54) is 6.07 Å². The highest BCUT2D eigenvalue weighted by molar-refractivity contribution is 6.35. The van der Waals surface area contributed by atoms with E-state index < -0.39 is 6.10 Å². The lowest BCUT2D eigenvalue weighted by molar-refractivity contribution is 0.0273. The molecule has 0 aliphatic carbocycles. The second-order valence-corrected chi connectivity index (χ2v) is 7.13. The van der Waals surface area contributed by atoms with Crippen molar-refractivity contribution in [1.82, 2.24) is 10.2 Å². The van der Waals surface area contributed by atoms with Crippen molar-refractivity contribution in [2.24, 2.45) is 5.92 Å². The smallest absolute Gasteiger partial charge is 0.255 e. The van der Waals surface area contributed by atoms with Gasteiger partial charge in [-0.15, -0.1) is 0 Å². The van der Waals surface area contributed by atoms with Gasteiger partial charge in [-0.2, -0.15) is 5.26 Å². The Morgan fingerprint density at radius 1 is 1.44 bits per heavy atom. The molecule has 146 valence electrons. The van der Waals surface area contributed by atoms with Crippen molar-refractivity contribution in [2.45, 2.75) is 18.9 Å². The molecule has 0 radical (unpaired) electrons. The summed E-state index contributed by atoms with van der Waals surface area (Å²) in [5.74, 6) is 0.161. The Morgan fingerprint density at radius 2 is 2.19 bits per heavy atom. The number of aliphatic hydroxyl groups is 1. The third-order valence-electron chi connectivity index (χ3n) is 4.85. The summed E-state index contributed by atoms with van der Waals surface area (Å²) >= 11 is 6.20. The Kier molecular flexibility index (Phi) is 6.26. The number of fused-ring (bicyclic) bond motifs is 1. The number of nitrogens with one attached hydrogen (secondary N) is 1. The van der Waals surface area contributed by atoms with E-state index in [0.717, 1.165) is 0 Å². The van der Waals surface area contributed by atoms with Crippen LogP contribution in [0.25, 0.3) is 0 Å².